The van der Waals surface area contributed by atoms with E-state index in [1.807, 2.05) is 6.92 Å². The number of rotatable bonds is 4. The zero-order valence-corrected chi connectivity index (χ0v) is 10.3. The van der Waals surface area contributed by atoms with Gasteiger partial charge >= 0.3 is 5.97 Å². The van der Waals surface area contributed by atoms with Gasteiger partial charge in [0.05, 0.1) is 12.5 Å². The van der Waals surface area contributed by atoms with Crippen LogP contribution in [-0.4, -0.2) is 24.5 Å². The number of carbonyl (C=O) groups excluding carboxylic acids is 2. The summed E-state index contributed by atoms with van der Waals surface area (Å²) in [6.45, 7) is 5.83. The number of carbonyl (C=O) groups is 2. The maximum Gasteiger partial charge on any atom is 0.309 e. The molecule has 1 rings (SSSR count). The molecule has 1 aliphatic rings. The van der Waals surface area contributed by atoms with Crippen LogP contribution < -0.4 is 5.32 Å². The molecular weight excluding hydrogens is 206 g/mol. The van der Waals surface area contributed by atoms with Gasteiger partial charge in [-0.3, -0.25) is 9.59 Å². The van der Waals surface area contributed by atoms with Crippen molar-refractivity contribution in [3.63, 3.8) is 0 Å². The van der Waals surface area contributed by atoms with Crippen molar-refractivity contribution in [2.75, 3.05) is 6.61 Å². The molecule has 0 radical (unpaired) electrons. The van der Waals surface area contributed by atoms with E-state index >= 15 is 0 Å². The van der Waals surface area contributed by atoms with E-state index in [1.165, 1.54) is 6.92 Å². The molecule has 1 saturated carbocycles. The Bertz CT molecular complexity index is 265. The first-order valence-corrected chi connectivity index (χ1v) is 6.02. The maximum absolute atomic E-state index is 11.7. The first kappa shape index (κ1) is 13.0. The lowest BCUT2D eigenvalue weighted by atomic mass is 9.94. The predicted molar refractivity (Wildman–Crippen MR) is 60.7 cm³/mol. The summed E-state index contributed by atoms with van der Waals surface area (Å²) in [7, 11) is 0. The van der Waals surface area contributed by atoms with Gasteiger partial charge in [-0.15, -0.1) is 0 Å². The zero-order chi connectivity index (χ0) is 12.1. The van der Waals surface area contributed by atoms with Crippen molar-refractivity contribution < 1.29 is 14.3 Å². The van der Waals surface area contributed by atoms with Gasteiger partial charge in [0.15, 0.2) is 0 Å². The summed E-state index contributed by atoms with van der Waals surface area (Å²) in [6.07, 6.45) is 2.57. The van der Waals surface area contributed by atoms with Crippen molar-refractivity contribution in [1.29, 1.82) is 0 Å². The van der Waals surface area contributed by atoms with Crippen molar-refractivity contribution >= 4 is 11.9 Å². The van der Waals surface area contributed by atoms with Gasteiger partial charge < -0.3 is 10.1 Å². The van der Waals surface area contributed by atoms with Gasteiger partial charge in [-0.2, -0.15) is 0 Å². The molecule has 0 aliphatic heterocycles. The summed E-state index contributed by atoms with van der Waals surface area (Å²) < 4.78 is 5.06. The Morgan fingerprint density at radius 2 is 2.00 bits per heavy atom. The Balaban J connectivity index is 2.56. The van der Waals surface area contributed by atoms with Crippen LogP contribution in [-0.2, 0) is 14.3 Å². The molecule has 3 atom stereocenters. The highest BCUT2D eigenvalue weighted by atomic mass is 16.5. The highest BCUT2D eigenvalue weighted by Gasteiger charge is 2.38. The van der Waals surface area contributed by atoms with Crippen LogP contribution in [0.3, 0.4) is 0 Å². The van der Waals surface area contributed by atoms with Crippen molar-refractivity contribution in [3.05, 3.63) is 0 Å². The smallest absolute Gasteiger partial charge is 0.309 e. The number of nitrogens with one attached hydrogen (secondary N) is 1. The molecule has 0 saturated heterocycles. The van der Waals surface area contributed by atoms with Crippen molar-refractivity contribution in [2.24, 2.45) is 11.8 Å². The second-order valence-corrected chi connectivity index (χ2v) is 4.40. The monoisotopic (exact) mass is 227 g/mol. The lowest BCUT2D eigenvalue weighted by Crippen LogP contribution is -2.31. The number of hydrogen-bond acceptors (Lipinski definition) is 3. The lowest BCUT2D eigenvalue weighted by Gasteiger charge is -2.15. The minimum absolute atomic E-state index is 0.0237. The van der Waals surface area contributed by atoms with E-state index in [1.54, 1.807) is 0 Å². The largest absolute Gasteiger partial charge is 0.466 e. The molecule has 92 valence electrons. The summed E-state index contributed by atoms with van der Waals surface area (Å²) in [5.41, 5.74) is 0. The molecule has 4 heteroatoms. The lowest BCUT2D eigenvalue weighted by molar-refractivity contribution is -0.149. The third kappa shape index (κ3) is 3.22. The average molecular weight is 227 g/mol. The van der Waals surface area contributed by atoms with Crippen LogP contribution in [0.5, 0.6) is 0 Å². The number of hydrogen-bond donors (Lipinski definition) is 1. The highest BCUT2D eigenvalue weighted by molar-refractivity contribution is 5.75. The molecule has 1 aliphatic carbocycles. The summed E-state index contributed by atoms with van der Waals surface area (Å²) in [5, 5.41) is 2.89. The molecule has 1 N–H and O–H groups in total. The predicted octanol–water partition coefficient (Wildman–Crippen LogP) is 1.49. The van der Waals surface area contributed by atoms with Crippen LogP contribution in [0.1, 0.15) is 40.0 Å². The van der Waals surface area contributed by atoms with E-state index in [0.717, 1.165) is 19.3 Å². The standard InChI is InChI=1S/C12H21NO3/c1-4-9-6-10(13-8(3)14)7-11(9)12(15)16-5-2/h9-11H,4-7H2,1-3H3,(H,13,14). The second-order valence-electron chi connectivity index (χ2n) is 4.40. The molecule has 0 bridgehead atoms. The van der Waals surface area contributed by atoms with E-state index in [2.05, 4.69) is 12.2 Å². The second kappa shape index (κ2) is 5.87. The van der Waals surface area contributed by atoms with E-state index in [9.17, 15) is 9.59 Å². The summed E-state index contributed by atoms with van der Waals surface area (Å²) >= 11 is 0. The third-order valence-corrected chi connectivity index (χ3v) is 3.22. The van der Waals surface area contributed by atoms with Crippen LogP contribution in [0, 0.1) is 11.8 Å². The van der Waals surface area contributed by atoms with Gasteiger partial charge in [0.1, 0.15) is 0 Å². The van der Waals surface area contributed by atoms with Crippen LogP contribution in [0.4, 0.5) is 0 Å². The summed E-state index contributed by atoms with van der Waals surface area (Å²) in [6, 6.07) is 0.136. The molecular formula is C12H21NO3. The van der Waals surface area contributed by atoms with Gasteiger partial charge in [-0.1, -0.05) is 13.3 Å². The van der Waals surface area contributed by atoms with Crippen LogP contribution in [0.25, 0.3) is 0 Å². The van der Waals surface area contributed by atoms with E-state index in [0.29, 0.717) is 12.5 Å². The van der Waals surface area contributed by atoms with Crippen molar-refractivity contribution in [1.82, 2.24) is 5.32 Å². The average Bonchev–Trinajstić information content (AvgIpc) is 2.60. The van der Waals surface area contributed by atoms with E-state index in [-0.39, 0.29) is 23.8 Å². The van der Waals surface area contributed by atoms with Crippen LogP contribution in [0.15, 0.2) is 0 Å². The molecule has 4 nitrogen and oxygen atoms in total. The highest BCUT2D eigenvalue weighted by Crippen LogP contribution is 2.35. The Morgan fingerprint density at radius 1 is 1.31 bits per heavy atom. The molecule has 16 heavy (non-hydrogen) atoms. The quantitative estimate of drug-likeness (QED) is 0.740. The normalized spacial score (nSPS) is 28.8. The number of amides is 1. The minimum Gasteiger partial charge on any atom is -0.466 e. The van der Waals surface area contributed by atoms with Gasteiger partial charge in [-0.05, 0) is 25.7 Å². The molecule has 3 unspecified atom stereocenters. The van der Waals surface area contributed by atoms with Crippen LogP contribution in [0.2, 0.25) is 0 Å². The molecule has 0 aromatic carbocycles. The molecule has 1 amide bonds. The number of esters is 1. The van der Waals surface area contributed by atoms with E-state index < -0.39 is 0 Å². The van der Waals surface area contributed by atoms with Gasteiger partial charge in [0.25, 0.3) is 0 Å². The molecule has 1 fully saturated rings. The van der Waals surface area contributed by atoms with Gasteiger partial charge in [0, 0.05) is 13.0 Å². The fourth-order valence-corrected chi connectivity index (χ4v) is 2.52. The molecule has 0 spiro atoms. The topological polar surface area (TPSA) is 55.4 Å². The Morgan fingerprint density at radius 3 is 2.50 bits per heavy atom. The maximum atomic E-state index is 11.7. The molecule has 0 heterocycles. The fourth-order valence-electron chi connectivity index (χ4n) is 2.52. The Hall–Kier alpha value is -1.06. The molecule has 0 aromatic rings. The van der Waals surface area contributed by atoms with Crippen LogP contribution >= 0.6 is 0 Å². The van der Waals surface area contributed by atoms with E-state index in [4.69, 9.17) is 4.74 Å². The fraction of sp³-hybridized carbons (Fsp3) is 0.833. The Labute approximate surface area is 96.7 Å². The Kier molecular flexibility index (Phi) is 4.77. The van der Waals surface area contributed by atoms with Gasteiger partial charge in [-0.25, -0.2) is 0 Å². The first-order valence-electron chi connectivity index (χ1n) is 6.02. The zero-order valence-electron chi connectivity index (χ0n) is 10.3. The minimum atomic E-state index is -0.109. The SMILES string of the molecule is CCOC(=O)C1CC(NC(C)=O)CC1CC. The molecule has 0 aromatic heterocycles. The van der Waals surface area contributed by atoms with Crippen molar-refractivity contribution in [3.8, 4) is 0 Å². The van der Waals surface area contributed by atoms with Crippen molar-refractivity contribution in [2.45, 2.75) is 46.1 Å². The summed E-state index contributed by atoms with van der Waals surface area (Å²) in [4.78, 5) is 22.7. The first-order chi connectivity index (χ1) is 7.58. The third-order valence-electron chi connectivity index (χ3n) is 3.22. The summed E-state index contributed by atoms with van der Waals surface area (Å²) in [5.74, 6) is 0.171. The van der Waals surface area contributed by atoms with Gasteiger partial charge in [0.2, 0.25) is 5.91 Å². The number of ether oxygens (including phenoxy) is 1.